The number of rotatable bonds is 7. The van der Waals surface area contributed by atoms with Gasteiger partial charge in [-0.3, -0.25) is 9.36 Å². The number of benzene rings is 1. The summed E-state index contributed by atoms with van der Waals surface area (Å²) in [6.07, 6.45) is 1.78. The summed E-state index contributed by atoms with van der Waals surface area (Å²) in [4.78, 5) is 30.8. The van der Waals surface area contributed by atoms with Crippen LogP contribution in [-0.2, 0) is 41.9 Å². The molecule has 1 aromatic carbocycles. The number of ether oxygens (including phenoxy) is 1. The van der Waals surface area contributed by atoms with Gasteiger partial charge in [0.2, 0.25) is 0 Å². The van der Waals surface area contributed by atoms with E-state index in [-0.39, 0.29) is 49.5 Å². The van der Waals surface area contributed by atoms with Gasteiger partial charge in [0, 0.05) is 22.3 Å². The van der Waals surface area contributed by atoms with Crippen molar-refractivity contribution in [2.24, 2.45) is 0 Å². The number of aromatic nitrogens is 2. The third kappa shape index (κ3) is 3.74. The molecule has 10 heteroatoms. The molecule has 0 aliphatic carbocycles. The number of carbonyl (C=O) groups excluding carboxylic acids is 1. The van der Waals surface area contributed by atoms with Gasteiger partial charge < -0.3 is 23.5 Å². The number of nitrogens with zero attached hydrogens (tertiary/aromatic N) is 2. The van der Waals surface area contributed by atoms with Crippen LogP contribution in [0.3, 0.4) is 0 Å². The molecule has 1 atom stereocenters. The summed E-state index contributed by atoms with van der Waals surface area (Å²) in [5.74, 6) is 0.680. The Kier molecular flexibility index (Phi) is 6.21. The van der Waals surface area contributed by atoms with Gasteiger partial charge in [0.1, 0.15) is 6.61 Å². The lowest BCUT2D eigenvalue weighted by atomic mass is 9.86. The van der Waals surface area contributed by atoms with E-state index in [2.05, 4.69) is 0 Å². The zero-order valence-corrected chi connectivity index (χ0v) is 21.2. The fourth-order valence-corrected chi connectivity index (χ4v) is 6.20. The number of cyclic esters (lactones) is 1. The van der Waals surface area contributed by atoms with Crippen LogP contribution in [0.15, 0.2) is 40.9 Å². The minimum atomic E-state index is -3.47. The molecule has 0 saturated carbocycles. The van der Waals surface area contributed by atoms with Crippen LogP contribution >= 0.6 is 7.60 Å². The normalized spacial score (nSPS) is 18.8. The van der Waals surface area contributed by atoms with Crippen molar-refractivity contribution < 1.29 is 28.3 Å². The highest BCUT2D eigenvalue weighted by molar-refractivity contribution is 7.57. The Bertz CT molecular complexity index is 1520. The van der Waals surface area contributed by atoms with E-state index in [9.17, 15) is 19.3 Å². The number of hydrogen-bond donors (Lipinski definition) is 1. The SMILES string of the molecule is CCOP(=O)(/C=C/c1c2c(nc3ccccc13)-c1cc3c(c(=O)n1C2)COC(=O)[C@]3(O)CC)OCC. The number of hydrogen-bond acceptors (Lipinski definition) is 8. The van der Waals surface area contributed by atoms with E-state index < -0.39 is 19.2 Å². The van der Waals surface area contributed by atoms with E-state index in [4.69, 9.17) is 18.8 Å². The lowest BCUT2D eigenvalue weighted by Crippen LogP contribution is -2.44. The Morgan fingerprint density at radius 2 is 1.89 bits per heavy atom. The molecular formula is C26H27N2O7P. The Labute approximate surface area is 207 Å². The second kappa shape index (κ2) is 9.09. The van der Waals surface area contributed by atoms with Crippen LogP contribution in [0.2, 0.25) is 0 Å². The first kappa shape index (κ1) is 24.6. The maximum atomic E-state index is 13.5. The number of pyridine rings is 2. The number of esters is 1. The Hall–Kier alpha value is -3.10. The van der Waals surface area contributed by atoms with Crippen molar-refractivity contribution in [1.29, 1.82) is 0 Å². The minimum Gasteiger partial charge on any atom is -0.458 e. The molecule has 2 aromatic heterocycles. The van der Waals surface area contributed by atoms with Gasteiger partial charge >= 0.3 is 13.6 Å². The molecule has 4 heterocycles. The molecule has 5 rings (SSSR count). The van der Waals surface area contributed by atoms with Crippen LogP contribution in [0.1, 0.15) is 49.4 Å². The highest BCUT2D eigenvalue weighted by Gasteiger charge is 2.45. The monoisotopic (exact) mass is 510 g/mol. The zero-order chi connectivity index (χ0) is 25.7. The van der Waals surface area contributed by atoms with Gasteiger partial charge in [-0.15, -0.1) is 0 Å². The maximum absolute atomic E-state index is 13.5. The quantitative estimate of drug-likeness (QED) is 0.289. The maximum Gasteiger partial charge on any atom is 0.354 e. The average Bonchev–Trinajstić information content (AvgIpc) is 3.23. The fourth-order valence-electron chi connectivity index (χ4n) is 4.90. The molecular weight excluding hydrogens is 483 g/mol. The summed E-state index contributed by atoms with van der Waals surface area (Å²) in [6.45, 7) is 5.64. The van der Waals surface area contributed by atoms with Gasteiger partial charge in [0.25, 0.3) is 5.56 Å². The van der Waals surface area contributed by atoms with Crippen molar-refractivity contribution in [2.75, 3.05) is 13.2 Å². The van der Waals surface area contributed by atoms with Gasteiger partial charge in [-0.05, 0) is 44.0 Å². The van der Waals surface area contributed by atoms with E-state index >= 15 is 0 Å². The Morgan fingerprint density at radius 1 is 1.17 bits per heavy atom. The highest BCUT2D eigenvalue weighted by atomic mass is 31.2. The summed E-state index contributed by atoms with van der Waals surface area (Å²) in [5.41, 5.74) is 1.54. The molecule has 0 fully saturated rings. The zero-order valence-electron chi connectivity index (χ0n) is 20.3. The second-order valence-corrected chi connectivity index (χ2v) is 10.6. The van der Waals surface area contributed by atoms with Gasteiger partial charge in [-0.25, -0.2) is 9.78 Å². The van der Waals surface area contributed by atoms with Gasteiger partial charge in [0.05, 0.1) is 42.2 Å². The fraction of sp³-hybridized carbons (Fsp3) is 0.346. The molecule has 0 radical (unpaired) electrons. The minimum absolute atomic E-state index is 0.0673. The molecule has 3 aromatic rings. The van der Waals surface area contributed by atoms with Crippen LogP contribution in [0.4, 0.5) is 0 Å². The third-order valence-electron chi connectivity index (χ3n) is 6.68. The van der Waals surface area contributed by atoms with Crippen molar-refractivity contribution >= 4 is 30.5 Å². The molecule has 2 aliphatic rings. The summed E-state index contributed by atoms with van der Waals surface area (Å²) in [6, 6.07) is 9.19. The van der Waals surface area contributed by atoms with Gasteiger partial charge in [-0.2, -0.15) is 0 Å². The van der Waals surface area contributed by atoms with E-state index in [0.717, 1.165) is 16.5 Å². The van der Waals surface area contributed by atoms with Crippen molar-refractivity contribution in [3.8, 4) is 11.4 Å². The molecule has 0 unspecified atom stereocenters. The van der Waals surface area contributed by atoms with Gasteiger partial charge in [0.15, 0.2) is 5.60 Å². The lowest BCUT2D eigenvalue weighted by Gasteiger charge is -2.31. The average molecular weight is 510 g/mol. The lowest BCUT2D eigenvalue weighted by molar-refractivity contribution is -0.172. The van der Waals surface area contributed by atoms with Crippen molar-refractivity contribution in [1.82, 2.24) is 9.55 Å². The summed E-state index contributed by atoms with van der Waals surface area (Å²) in [7, 11) is -3.47. The van der Waals surface area contributed by atoms with Crippen molar-refractivity contribution in [2.45, 2.75) is 45.9 Å². The highest BCUT2D eigenvalue weighted by Crippen LogP contribution is 2.51. The standard InChI is InChI=1S/C26H27N2O7P/c1-4-26(31)20-13-22-23-18(14-28(22)24(29)19(20)15-33-25(26)30)16(17-9-7-8-10-21(17)27-23)11-12-36(32,34-5-2)35-6-3/h7-13,31H,4-6,14-15H2,1-3H3/b12-11+/t26-/m0/s1. The first-order valence-corrected chi connectivity index (χ1v) is 13.5. The molecule has 0 saturated heterocycles. The number of carbonyl (C=O) groups is 1. The second-order valence-electron chi connectivity index (χ2n) is 8.66. The van der Waals surface area contributed by atoms with E-state index in [1.807, 2.05) is 24.3 Å². The molecule has 0 amide bonds. The predicted octanol–water partition coefficient (Wildman–Crippen LogP) is 4.32. The first-order chi connectivity index (χ1) is 17.3. The summed E-state index contributed by atoms with van der Waals surface area (Å²) >= 11 is 0. The van der Waals surface area contributed by atoms with Crippen LogP contribution in [0.25, 0.3) is 28.4 Å². The molecule has 36 heavy (non-hydrogen) atoms. The molecule has 9 nitrogen and oxygen atoms in total. The Balaban J connectivity index is 1.74. The molecule has 0 spiro atoms. The predicted molar refractivity (Wildman–Crippen MR) is 134 cm³/mol. The van der Waals surface area contributed by atoms with Crippen LogP contribution in [-0.4, -0.2) is 33.8 Å². The summed E-state index contributed by atoms with van der Waals surface area (Å²) in [5, 5.41) is 11.9. The van der Waals surface area contributed by atoms with E-state index in [0.29, 0.717) is 16.9 Å². The number of fused-ring (bicyclic) bond motifs is 5. The van der Waals surface area contributed by atoms with Crippen LogP contribution in [0.5, 0.6) is 0 Å². The van der Waals surface area contributed by atoms with Gasteiger partial charge in [-0.1, -0.05) is 25.1 Å². The number of aliphatic hydroxyl groups is 1. The van der Waals surface area contributed by atoms with Crippen LogP contribution < -0.4 is 5.56 Å². The first-order valence-electron chi connectivity index (χ1n) is 11.9. The smallest absolute Gasteiger partial charge is 0.354 e. The molecule has 1 N–H and O–H groups in total. The number of para-hydroxylation sites is 1. The van der Waals surface area contributed by atoms with E-state index in [1.54, 1.807) is 37.5 Å². The molecule has 2 aliphatic heterocycles. The largest absolute Gasteiger partial charge is 0.458 e. The van der Waals surface area contributed by atoms with E-state index in [1.165, 1.54) is 5.82 Å². The molecule has 188 valence electrons. The third-order valence-corrected chi connectivity index (χ3v) is 8.43. The topological polar surface area (TPSA) is 117 Å². The van der Waals surface area contributed by atoms with Crippen LogP contribution in [0, 0.1) is 0 Å². The Morgan fingerprint density at radius 3 is 2.58 bits per heavy atom. The van der Waals surface area contributed by atoms with Crippen molar-refractivity contribution in [3.05, 3.63) is 68.8 Å². The summed E-state index contributed by atoms with van der Waals surface area (Å²) < 4.78 is 30.7. The van der Waals surface area contributed by atoms with Crippen molar-refractivity contribution in [3.63, 3.8) is 0 Å². The molecule has 0 bridgehead atoms.